The Balaban J connectivity index is 1.76. The van der Waals surface area contributed by atoms with E-state index in [-0.39, 0.29) is 5.91 Å². The molecule has 1 saturated carbocycles. The maximum Gasteiger partial charge on any atom is 0.268 e. The number of likely N-dealkylation sites (tertiary alicyclic amines) is 1. The van der Waals surface area contributed by atoms with Gasteiger partial charge in [0.15, 0.2) is 5.13 Å². The first-order valence-corrected chi connectivity index (χ1v) is 8.20. The van der Waals surface area contributed by atoms with Crippen molar-refractivity contribution in [2.75, 3.05) is 17.6 Å². The number of amides is 1. The number of hydrogen-bond donors (Lipinski definition) is 2. The van der Waals surface area contributed by atoms with Gasteiger partial charge in [0.25, 0.3) is 5.91 Å². The molecule has 3 rings (SSSR count). The van der Waals surface area contributed by atoms with Gasteiger partial charge in [0.2, 0.25) is 0 Å². The highest BCUT2D eigenvalue weighted by Gasteiger charge is 2.31. The average Bonchev–Trinajstić information content (AvgIpc) is 3.14. The van der Waals surface area contributed by atoms with Crippen LogP contribution in [0.3, 0.4) is 0 Å². The predicted octanol–water partition coefficient (Wildman–Crippen LogP) is 2.56. The molecule has 20 heavy (non-hydrogen) atoms. The van der Waals surface area contributed by atoms with E-state index in [9.17, 15) is 4.79 Å². The summed E-state index contributed by atoms with van der Waals surface area (Å²) in [5, 5.41) is 4.09. The lowest BCUT2D eigenvalue weighted by atomic mass is 9.95. The van der Waals surface area contributed by atoms with Crippen LogP contribution in [0.5, 0.6) is 0 Å². The van der Waals surface area contributed by atoms with Crippen molar-refractivity contribution in [2.45, 2.75) is 51.6 Å². The quantitative estimate of drug-likeness (QED) is 0.898. The number of hydrogen-bond acceptors (Lipinski definition) is 5. The Kier molecular flexibility index (Phi) is 3.58. The molecule has 2 unspecified atom stereocenters. The number of nitrogens with one attached hydrogen (secondary N) is 1. The minimum atomic E-state index is 0.0443. The fraction of sp³-hybridized carbons (Fsp3) is 0.714. The molecule has 2 heterocycles. The third kappa shape index (κ3) is 2.75. The summed E-state index contributed by atoms with van der Waals surface area (Å²) in [6.07, 6.45) is 4.63. The second kappa shape index (κ2) is 5.24. The van der Waals surface area contributed by atoms with Gasteiger partial charge in [-0.1, -0.05) is 18.3 Å². The normalized spacial score (nSPS) is 26.6. The highest BCUT2D eigenvalue weighted by molar-refractivity contribution is 7.18. The van der Waals surface area contributed by atoms with Crippen LogP contribution in [-0.4, -0.2) is 34.4 Å². The summed E-state index contributed by atoms with van der Waals surface area (Å²) >= 11 is 1.39. The second-order valence-corrected chi connectivity index (χ2v) is 7.14. The SMILES string of the molecule is CC1CCC(C)N(C(=O)c2sc(NC3CC3)nc2N)C1. The minimum Gasteiger partial charge on any atom is -0.382 e. The summed E-state index contributed by atoms with van der Waals surface area (Å²) in [6.45, 7) is 5.13. The molecule has 2 aliphatic rings. The first-order chi connectivity index (χ1) is 9.54. The Morgan fingerprint density at radius 2 is 2.10 bits per heavy atom. The third-order valence-electron chi connectivity index (χ3n) is 4.13. The molecule has 0 aromatic carbocycles. The zero-order valence-corrected chi connectivity index (χ0v) is 12.9. The van der Waals surface area contributed by atoms with Gasteiger partial charge in [-0.3, -0.25) is 4.79 Å². The van der Waals surface area contributed by atoms with Gasteiger partial charge in [0.05, 0.1) is 0 Å². The Morgan fingerprint density at radius 1 is 1.35 bits per heavy atom. The smallest absolute Gasteiger partial charge is 0.268 e. The van der Waals surface area contributed by atoms with Crippen molar-refractivity contribution in [1.82, 2.24) is 9.88 Å². The van der Waals surface area contributed by atoms with Crippen molar-refractivity contribution in [3.63, 3.8) is 0 Å². The maximum absolute atomic E-state index is 12.7. The van der Waals surface area contributed by atoms with Crippen LogP contribution in [0.2, 0.25) is 0 Å². The molecule has 1 saturated heterocycles. The molecule has 1 aromatic rings. The second-order valence-electron chi connectivity index (χ2n) is 6.14. The summed E-state index contributed by atoms with van der Waals surface area (Å²) in [6, 6.07) is 0.817. The van der Waals surface area contributed by atoms with Gasteiger partial charge in [-0.2, -0.15) is 0 Å². The Morgan fingerprint density at radius 3 is 2.80 bits per heavy atom. The summed E-state index contributed by atoms with van der Waals surface area (Å²) in [7, 11) is 0. The summed E-state index contributed by atoms with van der Waals surface area (Å²) in [5.41, 5.74) is 5.94. The van der Waals surface area contributed by atoms with E-state index in [1.807, 2.05) is 4.90 Å². The van der Waals surface area contributed by atoms with Crippen molar-refractivity contribution < 1.29 is 4.79 Å². The van der Waals surface area contributed by atoms with Crippen LogP contribution in [-0.2, 0) is 0 Å². The lowest BCUT2D eigenvalue weighted by Gasteiger charge is -2.36. The number of nitrogens with zero attached hydrogens (tertiary/aromatic N) is 2. The molecule has 1 aromatic heterocycles. The van der Waals surface area contributed by atoms with E-state index >= 15 is 0 Å². The van der Waals surface area contributed by atoms with E-state index in [0.29, 0.717) is 28.7 Å². The predicted molar refractivity (Wildman–Crippen MR) is 82.1 cm³/mol. The van der Waals surface area contributed by atoms with Crippen LogP contribution in [0.4, 0.5) is 10.9 Å². The molecule has 1 aliphatic carbocycles. The van der Waals surface area contributed by atoms with Gasteiger partial charge in [-0.25, -0.2) is 4.98 Å². The number of thiazole rings is 1. The van der Waals surface area contributed by atoms with Crippen LogP contribution in [0.25, 0.3) is 0 Å². The molecule has 110 valence electrons. The number of nitrogen functional groups attached to an aromatic ring is 1. The highest BCUT2D eigenvalue weighted by atomic mass is 32.1. The fourth-order valence-electron chi connectivity index (χ4n) is 2.65. The topological polar surface area (TPSA) is 71.2 Å². The Labute approximate surface area is 123 Å². The molecule has 1 amide bonds. The number of nitrogens with two attached hydrogens (primary N) is 1. The molecule has 5 nitrogen and oxygen atoms in total. The monoisotopic (exact) mass is 294 g/mol. The molecule has 0 bridgehead atoms. The third-order valence-corrected chi connectivity index (χ3v) is 5.12. The van der Waals surface area contributed by atoms with Crippen LogP contribution in [0.15, 0.2) is 0 Å². The van der Waals surface area contributed by atoms with Crippen molar-refractivity contribution >= 4 is 28.2 Å². The molecule has 2 atom stereocenters. The van der Waals surface area contributed by atoms with Gasteiger partial charge in [-0.05, 0) is 38.5 Å². The van der Waals surface area contributed by atoms with E-state index in [2.05, 4.69) is 24.1 Å². The van der Waals surface area contributed by atoms with E-state index < -0.39 is 0 Å². The molecular formula is C14H22N4OS. The molecule has 0 radical (unpaired) electrons. The molecule has 1 aliphatic heterocycles. The number of carbonyl (C=O) groups is 1. The van der Waals surface area contributed by atoms with Gasteiger partial charge in [0.1, 0.15) is 10.7 Å². The summed E-state index contributed by atoms with van der Waals surface area (Å²) in [4.78, 5) is 19.5. The minimum absolute atomic E-state index is 0.0443. The highest BCUT2D eigenvalue weighted by Crippen LogP contribution is 2.32. The molecule has 3 N–H and O–H groups in total. The standard InChI is InChI=1S/C14H22N4OS/c1-8-3-4-9(2)18(7-8)13(19)11-12(15)17-14(20-11)16-10-5-6-10/h8-10H,3-7,15H2,1-2H3,(H,16,17). The molecule has 0 spiro atoms. The van der Waals surface area contributed by atoms with Crippen LogP contribution in [0.1, 0.15) is 49.2 Å². The van der Waals surface area contributed by atoms with Crippen molar-refractivity contribution in [3.05, 3.63) is 4.88 Å². The van der Waals surface area contributed by atoms with Crippen LogP contribution in [0, 0.1) is 5.92 Å². The van der Waals surface area contributed by atoms with E-state index in [0.717, 1.165) is 18.1 Å². The number of carbonyl (C=O) groups excluding carboxylic acids is 1. The lowest BCUT2D eigenvalue weighted by Crippen LogP contribution is -2.44. The zero-order valence-electron chi connectivity index (χ0n) is 12.1. The van der Waals surface area contributed by atoms with Crippen LogP contribution < -0.4 is 11.1 Å². The fourth-order valence-corrected chi connectivity index (χ4v) is 3.57. The maximum atomic E-state index is 12.7. The summed E-state index contributed by atoms with van der Waals surface area (Å²) < 4.78 is 0. The van der Waals surface area contributed by atoms with Gasteiger partial charge >= 0.3 is 0 Å². The van der Waals surface area contributed by atoms with Gasteiger partial charge < -0.3 is 16.0 Å². The first-order valence-electron chi connectivity index (χ1n) is 7.38. The van der Waals surface area contributed by atoms with Gasteiger partial charge in [0, 0.05) is 18.6 Å². The molecule has 2 fully saturated rings. The Hall–Kier alpha value is -1.30. The van der Waals surface area contributed by atoms with E-state index in [1.54, 1.807) is 0 Å². The Bertz CT molecular complexity index is 511. The van der Waals surface area contributed by atoms with Crippen LogP contribution >= 0.6 is 11.3 Å². The van der Waals surface area contributed by atoms with Crippen molar-refractivity contribution in [2.24, 2.45) is 5.92 Å². The molecular weight excluding hydrogens is 272 g/mol. The summed E-state index contributed by atoms with van der Waals surface area (Å²) in [5.74, 6) is 0.977. The van der Waals surface area contributed by atoms with E-state index in [1.165, 1.54) is 30.6 Å². The molecule has 6 heteroatoms. The number of piperidine rings is 1. The largest absolute Gasteiger partial charge is 0.382 e. The zero-order chi connectivity index (χ0) is 14.3. The van der Waals surface area contributed by atoms with Crippen molar-refractivity contribution in [1.29, 1.82) is 0 Å². The number of rotatable bonds is 3. The number of anilines is 2. The van der Waals surface area contributed by atoms with E-state index in [4.69, 9.17) is 5.73 Å². The average molecular weight is 294 g/mol. The van der Waals surface area contributed by atoms with Gasteiger partial charge in [-0.15, -0.1) is 0 Å². The lowest BCUT2D eigenvalue weighted by molar-refractivity contribution is 0.0580. The number of aromatic nitrogens is 1. The van der Waals surface area contributed by atoms with Crippen molar-refractivity contribution in [3.8, 4) is 0 Å². The first kappa shape index (κ1) is 13.7.